The Morgan fingerprint density at radius 2 is 1.00 bits per heavy atom. The molecule has 0 saturated carbocycles. The van der Waals surface area contributed by atoms with Gasteiger partial charge >= 0.3 is 0 Å². The first-order chi connectivity index (χ1) is 23.3. The number of ether oxygens (including phenoxy) is 2. The zero-order chi connectivity index (χ0) is 31.4. The third-order valence-electron chi connectivity index (χ3n) is 8.66. The van der Waals surface area contributed by atoms with Gasteiger partial charge in [-0.25, -0.2) is 19.3 Å². The van der Waals surface area contributed by atoms with Gasteiger partial charge in [0.25, 0.3) is 0 Å². The Bertz CT molecular complexity index is 1600. The molecule has 0 amide bonds. The van der Waals surface area contributed by atoms with Crippen molar-refractivity contribution in [2.24, 2.45) is 9.98 Å². The molecule has 4 aliphatic rings. The maximum Gasteiger partial charge on any atom is 0.193 e. The molecule has 0 fully saturated rings. The summed E-state index contributed by atoms with van der Waals surface area (Å²) in [6.45, 7) is 1.21. The summed E-state index contributed by atoms with van der Waals surface area (Å²) in [7, 11) is 0. The van der Waals surface area contributed by atoms with Crippen LogP contribution in [-0.4, -0.2) is 76.9 Å². The molecule has 2 aromatic heterocycles. The van der Waals surface area contributed by atoms with E-state index in [0.29, 0.717) is 31.3 Å². The van der Waals surface area contributed by atoms with Gasteiger partial charge in [-0.3, -0.25) is 0 Å². The highest BCUT2D eigenvalue weighted by Crippen LogP contribution is 2.36. The van der Waals surface area contributed by atoms with Crippen LogP contribution in [0.4, 0.5) is 0 Å². The van der Waals surface area contributed by atoms with Crippen LogP contribution >= 0.6 is 47.0 Å². The molecule has 0 N–H and O–H groups in total. The second-order valence-electron chi connectivity index (χ2n) is 11.8. The minimum absolute atomic E-state index is 0.144. The zero-order valence-corrected chi connectivity index (χ0v) is 29.2. The Labute approximate surface area is 291 Å². The van der Waals surface area contributed by atoms with E-state index < -0.39 is 0 Å². The largest absolute Gasteiger partial charge is 0.470 e. The van der Waals surface area contributed by atoms with E-state index in [1.54, 1.807) is 0 Å². The number of aromatic nitrogens is 6. The van der Waals surface area contributed by atoms with E-state index in [9.17, 15) is 0 Å². The van der Waals surface area contributed by atoms with Crippen molar-refractivity contribution in [1.29, 1.82) is 0 Å². The second kappa shape index (κ2) is 14.7. The van der Waals surface area contributed by atoms with Crippen LogP contribution in [-0.2, 0) is 45.6 Å². The molecule has 2 aromatic carbocycles. The summed E-state index contributed by atoms with van der Waals surface area (Å²) in [5.41, 5.74) is 6.77. The molecule has 0 aliphatic carbocycles. The van der Waals surface area contributed by atoms with Crippen molar-refractivity contribution in [2.45, 2.75) is 66.8 Å². The van der Waals surface area contributed by atoms with E-state index in [0.717, 1.165) is 68.5 Å². The predicted molar refractivity (Wildman–Crippen MR) is 192 cm³/mol. The quantitative estimate of drug-likeness (QED) is 0.217. The predicted octanol–water partition coefficient (Wildman–Crippen LogP) is 6.00. The second-order valence-corrected chi connectivity index (χ2v) is 16.2. The van der Waals surface area contributed by atoms with E-state index in [1.807, 2.05) is 59.2 Å². The molecule has 0 unspecified atom stereocenters. The monoisotopic (exact) mass is 704 g/mol. The van der Waals surface area contributed by atoms with Crippen LogP contribution < -0.4 is 0 Å². The number of hydrogen-bond donors (Lipinski definition) is 0. The Morgan fingerprint density at radius 3 is 1.45 bits per heavy atom. The van der Waals surface area contributed by atoms with Gasteiger partial charge in [0.1, 0.15) is 24.3 Å². The average Bonchev–Trinajstić information content (AvgIpc) is 3.85. The summed E-state index contributed by atoms with van der Waals surface area (Å²) < 4.78 is 17.4. The molecule has 4 aromatic rings. The van der Waals surface area contributed by atoms with Gasteiger partial charge < -0.3 is 9.47 Å². The fraction of sp³-hybridized carbons (Fsp3) is 0.455. The lowest BCUT2D eigenvalue weighted by Gasteiger charge is -2.20. The number of nitrogens with zero attached hydrogens (tertiary/aromatic N) is 8. The molecule has 0 saturated heterocycles. The van der Waals surface area contributed by atoms with Gasteiger partial charge in [-0.15, -0.1) is 10.2 Å². The normalized spacial score (nSPS) is 24.4. The van der Waals surface area contributed by atoms with Gasteiger partial charge in [0.15, 0.2) is 11.8 Å². The van der Waals surface area contributed by atoms with Crippen LogP contribution in [0.3, 0.4) is 0 Å². The fourth-order valence-corrected chi connectivity index (χ4v) is 10.6. The van der Waals surface area contributed by atoms with Gasteiger partial charge in [-0.2, -0.15) is 47.0 Å². The maximum atomic E-state index is 6.63. The van der Waals surface area contributed by atoms with Gasteiger partial charge in [-0.1, -0.05) is 71.1 Å². The average molecular weight is 705 g/mol. The minimum atomic E-state index is -0.227. The summed E-state index contributed by atoms with van der Waals surface area (Å²) >= 11 is 7.74. The van der Waals surface area contributed by atoms with Crippen molar-refractivity contribution in [2.75, 3.05) is 23.0 Å². The van der Waals surface area contributed by atoms with Crippen molar-refractivity contribution in [3.05, 3.63) is 94.6 Å². The molecular formula is C33H36N8O2S4. The molecule has 4 aliphatic heterocycles. The summed E-state index contributed by atoms with van der Waals surface area (Å²) in [6.07, 6.45) is -0.0624. The number of rotatable bonds is 8. The SMILES string of the molecule is c1ccc([C@@H]2OC(CC3=N[C@@H](Cn4nnc5c4CSCCSC5)[C@H](c4ccccc4)O3)=N[C@H]2Cn2nnc3c2CSCCSC3)cc1. The molecule has 47 heavy (non-hydrogen) atoms. The summed E-state index contributed by atoms with van der Waals surface area (Å²) in [5, 5.41) is 18.3. The number of benzene rings is 2. The van der Waals surface area contributed by atoms with Crippen LogP contribution in [0.25, 0.3) is 0 Å². The van der Waals surface area contributed by atoms with Gasteiger partial charge in [0, 0.05) is 46.0 Å². The van der Waals surface area contributed by atoms with E-state index in [1.165, 1.54) is 11.4 Å². The third kappa shape index (κ3) is 7.11. The lowest BCUT2D eigenvalue weighted by Crippen LogP contribution is -2.22. The van der Waals surface area contributed by atoms with E-state index in [-0.39, 0.29) is 24.3 Å². The van der Waals surface area contributed by atoms with Crippen molar-refractivity contribution in [3.63, 3.8) is 0 Å². The molecular weight excluding hydrogens is 669 g/mol. The molecule has 4 atom stereocenters. The molecule has 8 rings (SSSR count). The summed E-state index contributed by atoms with van der Waals surface area (Å²) in [6, 6.07) is 20.4. The Morgan fingerprint density at radius 1 is 0.574 bits per heavy atom. The van der Waals surface area contributed by atoms with Gasteiger partial charge in [0.05, 0.1) is 42.3 Å². The van der Waals surface area contributed by atoms with Gasteiger partial charge in [-0.05, 0) is 11.1 Å². The van der Waals surface area contributed by atoms with Crippen molar-refractivity contribution < 1.29 is 9.47 Å². The number of fused-ring (bicyclic) bond motifs is 2. The smallest absolute Gasteiger partial charge is 0.193 e. The Balaban J connectivity index is 1.05. The number of hydrogen-bond acceptors (Lipinski definition) is 12. The van der Waals surface area contributed by atoms with Crippen molar-refractivity contribution in [1.82, 2.24) is 30.0 Å². The van der Waals surface area contributed by atoms with Crippen molar-refractivity contribution in [3.8, 4) is 0 Å². The first-order valence-corrected chi connectivity index (χ1v) is 20.6. The Hall–Kier alpha value is -2.94. The van der Waals surface area contributed by atoms with E-state index >= 15 is 0 Å². The highest BCUT2D eigenvalue weighted by Gasteiger charge is 2.38. The standard InChI is InChI=1S/C33H36N8O2S4/c1-3-7-22(8-4-1)32-24(16-40-28-20-46-13-11-44-18-26(28)36-38-40)34-30(42-32)15-31-35-25(33(43-31)23-9-5-2-6-10-23)17-41-29-21-47-14-12-45-19-27(29)37-39-41/h1-10,24-25,32-33H,11-21H2/t24-,25-,32-,33-/m0/s1. The summed E-state index contributed by atoms with van der Waals surface area (Å²) in [4.78, 5) is 10.3. The van der Waals surface area contributed by atoms with Crippen LogP contribution in [0.1, 0.15) is 52.5 Å². The molecule has 6 heterocycles. The third-order valence-corrected chi connectivity index (χ3v) is 13.1. The van der Waals surface area contributed by atoms with Crippen LogP contribution in [0, 0.1) is 0 Å². The molecule has 0 bridgehead atoms. The van der Waals surface area contributed by atoms with Crippen molar-refractivity contribution >= 4 is 58.8 Å². The summed E-state index contributed by atoms with van der Waals surface area (Å²) in [5.74, 6) is 9.51. The minimum Gasteiger partial charge on any atom is -0.470 e. The fourth-order valence-electron chi connectivity index (χ4n) is 6.30. The molecule has 0 spiro atoms. The molecule has 0 radical (unpaired) electrons. The lowest BCUT2D eigenvalue weighted by atomic mass is 10.0. The highest BCUT2D eigenvalue weighted by atomic mass is 32.2. The lowest BCUT2D eigenvalue weighted by molar-refractivity contribution is 0.172. The topological polar surface area (TPSA) is 105 Å². The zero-order valence-electron chi connectivity index (χ0n) is 25.9. The molecule has 244 valence electrons. The maximum absolute atomic E-state index is 6.63. The molecule has 14 heteroatoms. The van der Waals surface area contributed by atoms with E-state index in [4.69, 9.17) is 19.5 Å². The van der Waals surface area contributed by atoms with E-state index in [2.05, 4.69) is 78.5 Å². The number of thioether (sulfide) groups is 4. The first kappa shape index (κ1) is 31.3. The van der Waals surface area contributed by atoms with Gasteiger partial charge in [0.2, 0.25) is 0 Å². The van der Waals surface area contributed by atoms with Crippen LogP contribution in [0.15, 0.2) is 70.6 Å². The first-order valence-electron chi connectivity index (χ1n) is 16.0. The number of aliphatic imine (C=N–C) groups is 2. The van der Waals surface area contributed by atoms with Crippen LogP contribution in [0.2, 0.25) is 0 Å². The Kier molecular flexibility index (Phi) is 9.78. The molecule has 10 nitrogen and oxygen atoms in total. The van der Waals surface area contributed by atoms with Crippen LogP contribution in [0.5, 0.6) is 0 Å². The highest BCUT2D eigenvalue weighted by molar-refractivity contribution is 8.02.